The van der Waals surface area contributed by atoms with Gasteiger partial charge < -0.3 is 24.3 Å². The number of carbonyl (C=O) groups excluding carboxylic acids is 1. The van der Waals surface area contributed by atoms with Crippen molar-refractivity contribution in [3.8, 4) is 23.0 Å². The Kier molecular flexibility index (Phi) is 11.9. The van der Waals surface area contributed by atoms with Crippen molar-refractivity contribution in [1.82, 2.24) is 15.2 Å². The van der Waals surface area contributed by atoms with Gasteiger partial charge in [-0.15, -0.1) is 11.3 Å². The Balaban J connectivity index is 1.33. The Hall–Kier alpha value is -4.86. The minimum atomic E-state index is -0.189. The van der Waals surface area contributed by atoms with E-state index in [0.717, 1.165) is 51.7 Å². The van der Waals surface area contributed by atoms with Crippen LogP contribution in [0.15, 0.2) is 102 Å². The van der Waals surface area contributed by atoms with Crippen LogP contribution in [-0.2, 0) is 25.9 Å². The molecule has 9 heteroatoms. The summed E-state index contributed by atoms with van der Waals surface area (Å²) in [6.45, 7) is 1.92. The Labute approximate surface area is 280 Å². The first kappa shape index (κ1) is 33.5. The molecule has 0 fully saturated rings. The first-order chi connectivity index (χ1) is 23.0. The average molecular weight is 652 g/mol. The molecule has 5 aromatic rings. The number of nitrogens with one attached hydrogen (secondary N) is 1. The second-order valence-corrected chi connectivity index (χ2v) is 12.0. The number of nitrogens with zero attached hydrogens (tertiary/aromatic N) is 2. The summed E-state index contributed by atoms with van der Waals surface area (Å²) in [7, 11) is 6.58. The third kappa shape index (κ3) is 9.12. The zero-order valence-corrected chi connectivity index (χ0v) is 28.1. The summed E-state index contributed by atoms with van der Waals surface area (Å²) >= 11 is 1.49. The maximum absolute atomic E-state index is 13.5. The quantitative estimate of drug-likeness (QED) is 0.122. The highest BCUT2D eigenvalue weighted by Crippen LogP contribution is 2.29. The Morgan fingerprint density at radius 2 is 1.49 bits per heavy atom. The summed E-state index contributed by atoms with van der Waals surface area (Å²) < 4.78 is 22.1. The van der Waals surface area contributed by atoms with Crippen LogP contribution < -0.4 is 24.3 Å². The van der Waals surface area contributed by atoms with Gasteiger partial charge in [-0.2, -0.15) is 0 Å². The third-order valence-electron chi connectivity index (χ3n) is 7.99. The fraction of sp³-hybridized carbons (Fsp3) is 0.263. The van der Waals surface area contributed by atoms with E-state index in [1.54, 1.807) is 28.4 Å². The number of rotatable bonds is 16. The van der Waals surface area contributed by atoms with Gasteiger partial charge in [-0.3, -0.25) is 9.69 Å². The largest absolute Gasteiger partial charge is 0.497 e. The molecule has 47 heavy (non-hydrogen) atoms. The van der Waals surface area contributed by atoms with Crippen LogP contribution >= 0.6 is 11.3 Å². The molecule has 1 atom stereocenters. The van der Waals surface area contributed by atoms with Gasteiger partial charge in [-0.1, -0.05) is 72.8 Å². The van der Waals surface area contributed by atoms with Gasteiger partial charge in [0.05, 0.1) is 41.0 Å². The van der Waals surface area contributed by atoms with Crippen LogP contribution in [0.2, 0.25) is 0 Å². The monoisotopic (exact) mass is 651 g/mol. The van der Waals surface area contributed by atoms with Gasteiger partial charge in [-0.05, 0) is 47.7 Å². The second-order valence-electron chi connectivity index (χ2n) is 11.1. The lowest BCUT2D eigenvalue weighted by atomic mass is 9.99. The van der Waals surface area contributed by atoms with Crippen molar-refractivity contribution in [2.75, 3.05) is 35.0 Å². The van der Waals surface area contributed by atoms with Gasteiger partial charge in [0.25, 0.3) is 5.91 Å². The molecule has 8 nitrogen and oxygen atoms in total. The number of aromatic nitrogens is 1. The predicted molar refractivity (Wildman–Crippen MR) is 186 cm³/mol. The second kappa shape index (κ2) is 16.6. The van der Waals surface area contributed by atoms with Gasteiger partial charge in [-0.25, -0.2) is 4.98 Å². The average Bonchev–Trinajstić information content (AvgIpc) is 3.59. The molecule has 244 valence electrons. The van der Waals surface area contributed by atoms with E-state index in [1.165, 1.54) is 11.3 Å². The summed E-state index contributed by atoms with van der Waals surface area (Å²) in [6, 6.07) is 31.9. The fourth-order valence-corrected chi connectivity index (χ4v) is 6.27. The Bertz CT molecular complexity index is 1730. The minimum Gasteiger partial charge on any atom is -0.497 e. The number of hydrogen-bond donors (Lipinski definition) is 1. The van der Waals surface area contributed by atoms with Gasteiger partial charge in [0, 0.05) is 30.1 Å². The molecular formula is C38H41N3O5S. The zero-order chi connectivity index (χ0) is 33.0. The molecule has 0 aliphatic heterocycles. The van der Waals surface area contributed by atoms with Crippen LogP contribution in [-0.4, -0.2) is 50.8 Å². The van der Waals surface area contributed by atoms with Crippen molar-refractivity contribution in [3.05, 3.63) is 135 Å². The summed E-state index contributed by atoms with van der Waals surface area (Å²) in [5.74, 6) is 2.70. The molecule has 4 aromatic carbocycles. The van der Waals surface area contributed by atoms with E-state index < -0.39 is 0 Å². The van der Waals surface area contributed by atoms with E-state index in [9.17, 15) is 4.79 Å². The van der Waals surface area contributed by atoms with Crippen LogP contribution in [0.25, 0.3) is 0 Å². The lowest BCUT2D eigenvalue weighted by molar-refractivity contribution is 0.0931. The number of ether oxygens (including phenoxy) is 4. The maximum atomic E-state index is 13.5. The molecule has 1 amide bonds. The highest BCUT2D eigenvalue weighted by atomic mass is 32.1. The number of hydrogen-bond acceptors (Lipinski definition) is 8. The van der Waals surface area contributed by atoms with Crippen molar-refractivity contribution < 1.29 is 23.7 Å². The Morgan fingerprint density at radius 3 is 2.19 bits per heavy atom. The lowest BCUT2D eigenvalue weighted by Crippen LogP contribution is -2.30. The van der Waals surface area contributed by atoms with Gasteiger partial charge in [0.2, 0.25) is 0 Å². The van der Waals surface area contributed by atoms with Gasteiger partial charge in [0.15, 0.2) is 11.5 Å². The number of thiazole rings is 1. The molecule has 1 N–H and O–H groups in total. The van der Waals surface area contributed by atoms with E-state index in [0.29, 0.717) is 36.7 Å². The number of carbonyl (C=O) groups is 1. The first-order valence-electron chi connectivity index (χ1n) is 15.5. The molecule has 0 radical (unpaired) electrons. The van der Waals surface area contributed by atoms with Crippen LogP contribution in [0, 0.1) is 0 Å². The van der Waals surface area contributed by atoms with E-state index in [1.807, 2.05) is 84.2 Å². The van der Waals surface area contributed by atoms with Gasteiger partial charge in [0.1, 0.15) is 22.2 Å². The number of amides is 1. The molecule has 0 aliphatic rings. The first-order valence-corrected chi connectivity index (χ1v) is 16.4. The van der Waals surface area contributed by atoms with Crippen molar-refractivity contribution in [1.29, 1.82) is 0 Å². The summed E-state index contributed by atoms with van der Waals surface area (Å²) in [5.41, 5.74) is 4.77. The summed E-state index contributed by atoms with van der Waals surface area (Å²) in [4.78, 5) is 20.7. The van der Waals surface area contributed by atoms with E-state index in [2.05, 4.69) is 28.4 Å². The van der Waals surface area contributed by atoms with Crippen LogP contribution in [0.3, 0.4) is 0 Å². The third-order valence-corrected chi connectivity index (χ3v) is 8.82. The standard InChI is InChI=1S/C38H41N3O5S/c1-43-31-17-16-30(35(23-31)45-3)24-41(20-19-28-15-18-34(44-2)36(22-28)46-4)25-37-39-33(26-47-37)38(42)40-32(29-13-9-6-10-14-29)21-27-11-7-5-8-12-27/h5-18,22-23,26,32H,19-21,24-25H2,1-4H3,(H,40,42). The van der Waals surface area contributed by atoms with Crippen LogP contribution in [0.5, 0.6) is 23.0 Å². The lowest BCUT2D eigenvalue weighted by Gasteiger charge is -2.23. The topological polar surface area (TPSA) is 82.2 Å². The molecule has 5 rings (SSSR count). The maximum Gasteiger partial charge on any atom is 0.271 e. The molecular weight excluding hydrogens is 611 g/mol. The van der Waals surface area contributed by atoms with Crippen LogP contribution in [0.1, 0.15) is 43.8 Å². The summed E-state index contributed by atoms with van der Waals surface area (Å²) in [5, 5.41) is 5.94. The van der Waals surface area contributed by atoms with E-state index >= 15 is 0 Å². The van der Waals surface area contributed by atoms with Gasteiger partial charge >= 0.3 is 0 Å². The molecule has 1 unspecified atom stereocenters. The number of benzene rings is 4. The molecule has 0 saturated carbocycles. The minimum absolute atomic E-state index is 0.184. The van der Waals surface area contributed by atoms with Crippen LogP contribution in [0.4, 0.5) is 0 Å². The summed E-state index contributed by atoms with van der Waals surface area (Å²) in [6.07, 6.45) is 1.46. The van der Waals surface area contributed by atoms with Crippen molar-refractivity contribution in [3.63, 3.8) is 0 Å². The number of methoxy groups -OCH3 is 4. The zero-order valence-electron chi connectivity index (χ0n) is 27.3. The molecule has 0 spiro atoms. The van der Waals surface area contributed by atoms with E-state index in [-0.39, 0.29) is 11.9 Å². The molecule has 1 heterocycles. The fourth-order valence-electron chi connectivity index (χ4n) is 5.46. The normalized spacial score (nSPS) is 11.6. The SMILES string of the molecule is COc1ccc(CN(CCc2ccc(OC)c(OC)c2)Cc2nc(C(=O)NC(Cc3ccccc3)c3ccccc3)cs2)c(OC)c1. The molecule has 0 bridgehead atoms. The Morgan fingerprint density at radius 1 is 0.766 bits per heavy atom. The van der Waals surface area contributed by atoms with Crippen molar-refractivity contribution in [2.24, 2.45) is 0 Å². The molecule has 0 saturated heterocycles. The van der Waals surface area contributed by atoms with Crippen molar-refractivity contribution >= 4 is 17.2 Å². The predicted octanol–water partition coefficient (Wildman–Crippen LogP) is 7.14. The molecule has 0 aliphatic carbocycles. The van der Waals surface area contributed by atoms with E-state index in [4.69, 9.17) is 23.9 Å². The highest BCUT2D eigenvalue weighted by molar-refractivity contribution is 7.09. The smallest absolute Gasteiger partial charge is 0.271 e. The van der Waals surface area contributed by atoms with Crippen molar-refractivity contribution in [2.45, 2.75) is 32.0 Å². The highest BCUT2D eigenvalue weighted by Gasteiger charge is 2.20. The molecule has 1 aromatic heterocycles.